The van der Waals surface area contributed by atoms with Crippen LogP contribution in [0, 0.1) is 13.7 Å². The van der Waals surface area contributed by atoms with Gasteiger partial charge in [-0.3, -0.25) is 14.4 Å². The Bertz CT molecular complexity index is 818. The molecule has 2 heterocycles. The number of hydrogen-bond donors (Lipinski definition) is 3. The maximum Gasteiger partial charge on any atom is 0.290 e. The molecule has 134 valence electrons. The van der Waals surface area contributed by atoms with E-state index in [1.807, 2.05) is 0 Å². The Labute approximate surface area is 154 Å². The second-order valence-electron chi connectivity index (χ2n) is 4.08. The second-order valence-corrected chi connectivity index (χ2v) is 4.08. The lowest BCUT2D eigenvalue weighted by Crippen LogP contribution is -2.19. The molecule has 0 unspecified atom stereocenters. The molecule has 0 saturated heterocycles. The van der Waals surface area contributed by atoms with Crippen LogP contribution >= 0.6 is 0 Å². The summed E-state index contributed by atoms with van der Waals surface area (Å²) in [6.45, 7) is -4.80. The van der Waals surface area contributed by atoms with E-state index in [2.05, 4.69) is 20.6 Å². The number of aromatic nitrogens is 2. The van der Waals surface area contributed by atoms with Crippen molar-refractivity contribution in [3.8, 4) is 0 Å². The highest BCUT2D eigenvalue weighted by Gasteiger charge is 2.03. The number of nitrogens with one attached hydrogen (secondary N) is 2. The van der Waals surface area contributed by atoms with Crippen LogP contribution in [0.2, 0.25) is 0 Å². The quantitative estimate of drug-likeness (QED) is 0.698. The van der Waals surface area contributed by atoms with E-state index in [0.29, 0.717) is 0 Å². The standard InChI is InChI=1S/2C8H10N2O.CH2O2/c2*1-6-4-3-5-7(10-6)8(11)9-2;2-1-3/h2*3-5H,1-2H3,(H,9,11);1H,(H,2,3)/i2*1D3;. The van der Waals surface area contributed by atoms with Gasteiger partial charge in [0.15, 0.2) is 0 Å². The normalized spacial score (nSPS) is 13.2. The van der Waals surface area contributed by atoms with Crippen molar-refractivity contribution in [3.05, 3.63) is 59.2 Å². The number of carbonyl (C=O) groups is 3. The van der Waals surface area contributed by atoms with Crippen molar-refractivity contribution in [2.45, 2.75) is 13.7 Å². The zero-order valence-corrected chi connectivity index (χ0v) is 13.6. The van der Waals surface area contributed by atoms with E-state index >= 15 is 0 Å². The number of carboxylic acid groups (broad SMARTS) is 1. The highest BCUT2D eigenvalue weighted by molar-refractivity contribution is 5.92. The van der Waals surface area contributed by atoms with Gasteiger partial charge in [0.2, 0.25) is 0 Å². The first kappa shape index (κ1) is 13.1. The molecule has 0 aliphatic carbocycles. The van der Waals surface area contributed by atoms with Crippen LogP contribution in [0.4, 0.5) is 0 Å². The lowest BCUT2D eigenvalue weighted by molar-refractivity contribution is -0.122. The van der Waals surface area contributed by atoms with Crippen molar-refractivity contribution in [2.24, 2.45) is 0 Å². The molecule has 8 nitrogen and oxygen atoms in total. The number of hydrogen-bond acceptors (Lipinski definition) is 5. The Balaban J connectivity index is 0.000000516. The molecule has 2 amide bonds. The molecule has 2 rings (SSSR count). The minimum Gasteiger partial charge on any atom is -0.483 e. The smallest absolute Gasteiger partial charge is 0.290 e. The monoisotopic (exact) mass is 352 g/mol. The summed E-state index contributed by atoms with van der Waals surface area (Å²) in [6, 6.07) is 8.68. The third kappa shape index (κ3) is 8.80. The summed E-state index contributed by atoms with van der Waals surface area (Å²) < 4.78 is 42.6. The van der Waals surface area contributed by atoms with E-state index < -0.39 is 25.5 Å². The van der Waals surface area contributed by atoms with Crippen LogP contribution < -0.4 is 10.6 Å². The minimum absolute atomic E-state index is 0.0707. The van der Waals surface area contributed by atoms with Gasteiger partial charge in [0.25, 0.3) is 18.3 Å². The maximum absolute atomic E-state index is 11.1. The zero-order valence-electron chi connectivity index (χ0n) is 19.6. The Morgan fingerprint density at radius 2 is 1.32 bits per heavy atom. The first-order valence-electron chi connectivity index (χ1n) is 9.78. The zero-order chi connectivity index (χ0) is 24.2. The lowest BCUT2D eigenvalue weighted by Gasteiger charge is -1.98. The Kier molecular flexibility index (Phi) is 6.35. The predicted molar refractivity (Wildman–Crippen MR) is 93.4 cm³/mol. The van der Waals surface area contributed by atoms with Crippen LogP contribution in [0.25, 0.3) is 0 Å². The molecule has 0 aliphatic rings. The number of nitrogens with zero attached hydrogens (tertiary/aromatic N) is 2. The number of aryl methyl sites for hydroxylation is 2. The van der Waals surface area contributed by atoms with Crippen molar-refractivity contribution in [1.29, 1.82) is 0 Å². The van der Waals surface area contributed by atoms with Gasteiger partial charge >= 0.3 is 0 Å². The maximum atomic E-state index is 11.1. The summed E-state index contributed by atoms with van der Waals surface area (Å²) in [7, 11) is 2.93. The summed E-state index contributed by atoms with van der Waals surface area (Å²) in [4.78, 5) is 38.1. The van der Waals surface area contributed by atoms with Crippen molar-refractivity contribution in [1.82, 2.24) is 20.6 Å². The third-order valence-corrected chi connectivity index (χ3v) is 2.42. The van der Waals surface area contributed by atoms with E-state index in [-0.39, 0.29) is 29.2 Å². The van der Waals surface area contributed by atoms with Crippen molar-refractivity contribution < 1.29 is 27.7 Å². The van der Waals surface area contributed by atoms with E-state index in [4.69, 9.17) is 18.1 Å². The summed E-state index contributed by atoms with van der Waals surface area (Å²) in [5.74, 6) is -0.785. The largest absolute Gasteiger partial charge is 0.483 e. The molecule has 0 atom stereocenters. The molecule has 0 aliphatic heterocycles. The topological polar surface area (TPSA) is 121 Å². The van der Waals surface area contributed by atoms with Gasteiger partial charge in [0, 0.05) is 33.7 Å². The number of pyridine rings is 2. The summed E-state index contributed by atoms with van der Waals surface area (Å²) in [6.07, 6.45) is 0. The summed E-state index contributed by atoms with van der Waals surface area (Å²) >= 11 is 0. The highest BCUT2D eigenvalue weighted by Crippen LogP contribution is 1.97. The van der Waals surface area contributed by atoms with Gasteiger partial charge in [-0.05, 0) is 38.0 Å². The first-order chi connectivity index (χ1) is 14.3. The molecule has 0 saturated carbocycles. The Morgan fingerprint density at radius 1 is 0.960 bits per heavy atom. The van der Waals surface area contributed by atoms with Gasteiger partial charge in [-0.15, -0.1) is 0 Å². The number of carbonyl (C=O) groups excluding carboxylic acids is 2. The van der Waals surface area contributed by atoms with Crippen LogP contribution in [0.15, 0.2) is 36.4 Å². The van der Waals surface area contributed by atoms with Gasteiger partial charge in [0.1, 0.15) is 11.4 Å². The molecule has 25 heavy (non-hydrogen) atoms. The Hall–Kier alpha value is -3.29. The van der Waals surface area contributed by atoms with Gasteiger partial charge in [-0.1, -0.05) is 12.1 Å². The van der Waals surface area contributed by atoms with E-state index in [1.165, 1.54) is 50.5 Å². The molecule has 0 radical (unpaired) electrons. The first-order valence-corrected chi connectivity index (χ1v) is 6.78. The molecule has 8 heteroatoms. The van der Waals surface area contributed by atoms with Crippen molar-refractivity contribution in [3.63, 3.8) is 0 Å². The van der Waals surface area contributed by atoms with Gasteiger partial charge in [-0.25, -0.2) is 9.97 Å². The fraction of sp³-hybridized carbons (Fsp3) is 0.235. The Morgan fingerprint density at radius 3 is 1.60 bits per heavy atom. The second kappa shape index (κ2) is 12.2. The molecule has 0 spiro atoms. The van der Waals surface area contributed by atoms with Crippen LogP contribution in [0.1, 0.15) is 40.6 Å². The molecule has 0 aromatic carbocycles. The van der Waals surface area contributed by atoms with Crippen molar-refractivity contribution in [2.75, 3.05) is 14.1 Å². The fourth-order valence-electron chi connectivity index (χ4n) is 1.38. The fourth-order valence-corrected chi connectivity index (χ4v) is 1.38. The minimum atomic E-state index is -2.27. The van der Waals surface area contributed by atoms with Gasteiger partial charge in [-0.2, -0.15) is 0 Å². The molecule has 2 aromatic rings. The molecule has 3 N–H and O–H groups in total. The molecule has 0 fully saturated rings. The van der Waals surface area contributed by atoms with Crippen LogP contribution in [0.3, 0.4) is 0 Å². The molecular weight excluding hydrogens is 324 g/mol. The molecular formula is C17H22N4O4. The lowest BCUT2D eigenvalue weighted by atomic mass is 10.3. The average molecular weight is 352 g/mol. The molecule has 2 aromatic heterocycles. The SMILES string of the molecule is O=CO.[2H]C([2H])([2H])c1cccc(C(=O)NC)n1.[2H]C([2H])([2H])c1cccc(C(=O)NC)n1. The third-order valence-electron chi connectivity index (χ3n) is 2.42. The highest BCUT2D eigenvalue weighted by atomic mass is 16.3. The summed E-state index contributed by atoms with van der Waals surface area (Å²) in [5, 5.41) is 11.6. The van der Waals surface area contributed by atoms with Gasteiger partial charge in [0.05, 0.1) is 0 Å². The van der Waals surface area contributed by atoms with Crippen LogP contribution in [-0.2, 0) is 4.79 Å². The van der Waals surface area contributed by atoms with Crippen molar-refractivity contribution >= 4 is 18.3 Å². The van der Waals surface area contributed by atoms with Crippen LogP contribution in [-0.4, -0.2) is 47.5 Å². The molecule has 0 bridgehead atoms. The van der Waals surface area contributed by atoms with E-state index in [9.17, 15) is 9.59 Å². The van der Waals surface area contributed by atoms with Gasteiger partial charge < -0.3 is 15.7 Å². The average Bonchev–Trinajstić information content (AvgIpc) is 2.72. The van der Waals surface area contributed by atoms with E-state index in [1.54, 1.807) is 0 Å². The van der Waals surface area contributed by atoms with E-state index in [0.717, 1.165) is 0 Å². The predicted octanol–water partition coefficient (Wildman–Crippen LogP) is 1.20. The number of amides is 2. The number of rotatable bonds is 2. The summed E-state index contributed by atoms with van der Waals surface area (Å²) in [5.41, 5.74) is 0.0828. The van der Waals surface area contributed by atoms with Crippen LogP contribution in [0.5, 0.6) is 0 Å².